The van der Waals surface area contributed by atoms with Gasteiger partial charge in [0.1, 0.15) is 5.75 Å². The third kappa shape index (κ3) is 7.40. The molecule has 27 heavy (non-hydrogen) atoms. The number of imide groups is 1. The van der Waals surface area contributed by atoms with Gasteiger partial charge in [-0.05, 0) is 23.4 Å². The van der Waals surface area contributed by atoms with Crippen LogP contribution in [0.2, 0.25) is 0 Å². The summed E-state index contributed by atoms with van der Waals surface area (Å²) in [6.07, 6.45) is 0. The van der Waals surface area contributed by atoms with Crippen molar-refractivity contribution < 1.29 is 14.3 Å². The van der Waals surface area contributed by atoms with Crippen molar-refractivity contribution in [2.24, 2.45) is 5.92 Å². The van der Waals surface area contributed by atoms with Crippen LogP contribution in [0.4, 0.5) is 4.79 Å². The number of hydrogen-bond donors (Lipinski definition) is 2. The first kappa shape index (κ1) is 20.9. The lowest BCUT2D eigenvalue weighted by Crippen LogP contribution is -2.45. The van der Waals surface area contributed by atoms with Crippen molar-refractivity contribution in [1.82, 2.24) is 15.5 Å². The molecule has 0 unspecified atom stereocenters. The second-order valence-corrected chi connectivity index (χ2v) is 7.72. The summed E-state index contributed by atoms with van der Waals surface area (Å²) in [4.78, 5) is 27.3. The van der Waals surface area contributed by atoms with Crippen LogP contribution in [0, 0.1) is 5.92 Å². The minimum Gasteiger partial charge on any atom is -0.496 e. The zero-order valence-corrected chi connectivity index (χ0v) is 16.8. The van der Waals surface area contributed by atoms with Gasteiger partial charge in [-0.15, -0.1) is 11.3 Å². The molecule has 2 rings (SSSR count). The van der Waals surface area contributed by atoms with Gasteiger partial charge in [0.15, 0.2) is 0 Å². The van der Waals surface area contributed by atoms with E-state index in [1.165, 1.54) is 0 Å². The average molecular weight is 390 g/mol. The van der Waals surface area contributed by atoms with E-state index in [-0.39, 0.29) is 12.5 Å². The summed E-state index contributed by atoms with van der Waals surface area (Å²) in [5, 5.41) is 7.10. The predicted octanol–water partition coefficient (Wildman–Crippen LogP) is 3.24. The Labute approximate surface area is 164 Å². The fraction of sp³-hybridized carbons (Fsp3) is 0.400. The van der Waals surface area contributed by atoms with Crippen LogP contribution in [0.15, 0.2) is 41.8 Å². The first-order chi connectivity index (χ1) is 13.0. The first-order valence-corrected chi connectivity index (χ1v) is 9.80. The molecule has 0 saturated carbocycles. The zero-order chi connectivity index (χ0) is 19.6. The minimum atomic E-state index is -0.456. The lowest BCUT2D eigenvalue weighted by atomic mass is 10.2. The number of thiophene rings is 1. The second-order valence-electron chi connectivity index (χ2n) is 6.69. The summed E-state index contributed by atoms with van der Waals surface area (Å²) in [7, 11) is 1.63. The normalized spacial score (nSPS) is 10.9. The number of urea groups is 1. The van der Waals surface area contributed by atoms with E-state index in [0.29, 0.717) is 25.6 Å². The van der Waals surface area contributed by atoms with Crippen LogP contribution in [-0.4, -0.2) is 37.0 Å². The maximum absolute atomic E-state index is 12.3. The third-order valence-electron chi connectivity index (χ3n) is 3.84. The van der Waals surface area contributed by atoms with E-state index in [2.05, 4.69) is 10.6 Å². The van der Waals surface area contributed by atoms with Gasteiger partial charge in [0, 0.05) is 30.1 Å². The fourth-order valence-electron chi connectivity index (χ4n) is 2.58. The van der Waals surface area contributed by atoms with Gasteiger partial charge in [0.2, 0.25) is 5.91 Å². The first-order valence-electron chi connectivity index (χ1n) is 8.92. The van der Waals surface area contributed by atoms with Gasteiger partial charge in [-0.25, -0.2) is 4.79 Å². The van der Waals surface area contributed by atoms with E-state index >= 15 is 0 Å². The molecule has 0 saturated heterocycles. The van der Waals surface area contributed by atoms with Crippen molar-refractivity contribution in [3.05, 3.63) is 52.2 Å². The summed E-state index contributed by atoms with van der Waals surface area (Å²) in [5.74, 6) is 0.776. The van der Waals surface area contributed by atoms with Crippen LogP contribution in [0.3, 0.4) is 0 Å². The molecule has 0 bridgehead atoms. The van der Waals surface area contributed by atoms with Gasteiger partial charge in [-0.3, -0.25) is 15.0 Å². The fourth-order valence-corrected chi connectivity index (χ4v) is 3.32. The van der Waals surface area contributed by atoms with Gasteiger partial charge in [0.05, 0.1) is 13.7 Å². The predicted molar refractivity (Wildman–Crippen MR) is 108 cm³/mol. The lowest BCUT2D eigenvalue weighted by Gasteiger charge is -2.22. The number of nitrogens with zero attached hydrogens (tertiary/aromatic N) is 1. The molecule has 7 heteroatoms. The lowest BCUT2D eigenvalue weighted by molar-refractivity contribution is -0.121. The summed E-state index contributed by atoms with van der Waals surface area (Å²) >= 11 is 1.64. The van der Waals surface area contributed by atoms with Crippen molar-refractivity contribution in [2.45, 2.75) is 26.9 Å². The molecule has 0 spiro atoms. The molecule has 6 nitrogen and oxygen atoms in total. The number of hydrogen-bond acceptors (Lipinski definition) is 5. The van der Waals surface area contributed by atoms with E-state index in [1.807, 2.05) is 60.5 Å². The number of carbonyl (C=O) groups excluding carboxylic acids is 2. The number of carbonyl (C=O) groups is 2. The van der Waals surface area contributed by atoms with E-state index in [1.54, 1.807) is 18.4 Å². The van der Waals surface area contributed by atoms with Crippen LogP contribution in [0.25, 0.3) is 0 Å². The molecule has 0 radical (unpaired) electrons. The van der Waals surface area contributed by atoms with Crippen LogP contribution >= 0.6 is 11.3 Å². The molecule has 0 fully saturated rings. The SMILES string of the molecule is COc1ccccc1CN(CC(=O)NC(=O)NCC(C)C)Cc1cccs1. The number of rotatable bonds is 9. The molecule has 0 atom stereocenters. The molecule has 1 heterocycles. The standard InChI is InChI=1S/C20H27N3O3S/c1-15(2)11-21-20(25)22-19(24)14-23(13-17-8-6-10-27-17)12-16-7-4-5-9-18(16)26-3/h4-10,15H,11-14H2,1-3H3,(H2,21,22,24,25). The highest BCUT2D eigenvalue weighted by Gasteiger charge is 2.16. The Morgan fingerprint density at radius 1 is 1.15 bits per heavy atom. The Morgan fingerprint density at radius 3 is 2.59 bits per heavy atom. The molecule has 1 aromatic heterocycles. The highest BCUT2D eigenvalue weighted by Crippen LogP contribution is 2.21. The van der Waals surface area contributed by atoms with Crippen molar-refractivity contribution in [2.75, 3.05) is 20.2 Å². The number of benzene rings is 1. The van der Waals surface area contributed by atoms with Crippen molar-refractivity contribution in [3.63, 3.8) is 0 Å². The van der Waals surface area contributed by atoms with Crippen molar-refractivity contribution in [3.8, 4) is 5.75 Å². The Balaban J connectivity index is 2.01. The number of ether oxygens (including phenoxy) is 1. The number of methoxy groups -OCH3 is 1. The van der Waals surface area contributed by atoms with Gasteiger partial charge >= 0.3 is 6.03 Å². The van der Waals surface area contributed by atoms with Crippen LogP contribution in [0.5, 0.6) is 5.75 Å². The van der Waals surface area contributed by atoms with Crippen LogP contribution < -0.4 is 15.4 Å². The second kappa shape index (κ2) is 10.7. The topological polar surface area (TPSA) is 70.7 Å². The summed E-state index contributed by atoms with van der Waals surface area (Å²) < 4.78 is 5.42. The number of para-hydroxylation sites is 1. The van der Waals surface area contributed by atoms with Crippen LogP contribution in [-0.2, 0) is 17.9 Å². The summed E-state index contributed by atoms with van der Waals surface area (Å²) in [6.45, 7) is 5.81. The quantitative estimate of drug-likeness (QED) is 0.691. The largest absolute Gasteiger partial charge is 0.496 e. The van der Waals surface area contributed by atoms with Gasteiger partial charge in [-0.2, -0.15) is 0 Å². The monoisotopic (exact) mass is 389 g/mol. The zero-order valence-electron chi connectivity index (χ0n) is 16.0. The minimum absolute atomic E-state index is 0.116. The maximum Gasteiger partial charge on any atom is 0.321 e. The van der Waals surface area contributed by atoms with E-state index in [4.69, 9.17) is 4.74 Å². The molecule has 1 aromatic carbocycles. The average Bonchev–Trinajstić information content (AvgIpc) is 3.13. The van der Waals surface area contributed by atoms with E-state index in [9.17, 15) is 9.59 Å². The smallest absolute Gasteiger partial charge is 0.321 e. The molecule has 0 aliphatic rings. The molecule has 3 amide bonds. The highest BCUT2D eigenvalue weighted by molar-refractivity contribution is 7.09. The molecule has 146 valence electrons. The molecule has 0 aliphatic heterocycles. The van der Waals surface area contributed by atoms with E-state index < -0.39 is 6.03 Å². The Morgan fingerprint density at radius 2 is 1.93 bits per heavy atom. The van der Waals surface area contributed by atoms with Crippen molar-refractivity contribution in [1.29, 1.82) is 0 Å². The molecule has 2 aromatic rings. The van der Waals surface area contributed by atoms with E-state index in [0.717, 1.165) is 16.2 Å². The molecular formula is C20H27N3O3S. The number of nitrogens with one attached hydrogen (secondary N) is 2. The van der Waals surface area contributed by atoms with Crippen LogP contribution in [0.1, 0.15) is 24.3 Å². The van der Waals surface area contributed by atoms with Gasteiger partial charge in [-0.1, -0.05) is 38.1 Å². The Kier molecular flexibility index (Phi) is 8.29. The maximum atomic E-state index is 12.3. The summed E-state index contributed by atoms with van der Waals surface area (Å²) in [6, 6.07) is 11.3. The molecule has 0 aliphatic carbocycles. The summed E-state index contributed by atoms with van der Waals surface area (Å²) in [5.41, 5.74) is 0.994. The Bertz CT molecular complexity index is 732. The molecular weight excluding hydrogens is 362 g/mol. The van der Waals surface area contributed by atoms with Gasteiger partial charge < -0.3 is 10.1 Å². The van der Waals surface area contributed by atoms with Gasteiger partial charge in [0.25, 0.3) is 0 Å². The Hall–Kier alpha value is -2.38. The molecule has 2 N–H and O–H groups in total. The third-order valence-corrected chi connectivity index (χ3v) is 4.70. The highest BCUT2D eigenvalue weighted by atomic mass is 32.1. The van der Waals surface area contributed by atoms with Crippen molar-refractivity contribution >= 4 is 23.3 Å². The number of amides is 3.